The lowest BCUT2D eigenvalue weighted by Crippen LogP contribution is -2.59. The van der Waals surface area contributed by atoms with Crippen molar-refractivity contribution in [3.8, 4) is 0 Å². The fourth-order valence-electron chi connectivity index (χ4n) is 10.3. The van der Waals surface area contributed by atoms with Crippen LogP contribution in [-0.4, -0.2) is 25.7 Å². The van der Waals surface area contributed by atoms with E-state index in [0.717, 1.165) is 42.1 Å². The summed E-state index contributed by atoms with van der Waals surface area (Å²) in [4.78, 5) is 0.209. The van der Waals surface area contributed by atoms with Gasteiger partial charge in [0, 0.05) is 6.42 Å². The number of aliphatic hydroxyl groups excluding tert-OH is 1. The van der Waals surface area contributed by atoms with Crippen molar-refractivity contribution in [3.63, 3.8) is 0 Å². The maximum Gasteiger partial charge on any atom is 0.297 e. The van der Waals surface area contributed by atoms with Crippen molar-refractivity contribution in [2.24, 2.45) is 52.3 Å². The van der Waals surface area contributed by atoms with E-state index in [2.05, 4.69) is 34.6 Å². The predicted molar refractivity (Wildman–Crippen MR) is 158 cm³/mol. The van der Waals surface area contributed by atoms with E-state index >= 15 is 0 Å². The first-order valence-electron chi connectivity index (χ1n) is 16.0. The number of aryl methyl sites for hydroxylation is 1. The molecule has 0 aromatic heterocycles. The van der Waals surface area contributed by atoms with Gasteiger partial charge in [0.15, 0.2) is 0 Å². The summed E-state index contributed by atoms with van der Waals surface area (Å²) in [5, 5.41) is 11.7. The topological polar surface area (TPSA) is 63.6 Å². The molecule has 0 aliphatic heterocycles. The molecule has 39 heavy (non-hydrogen) atoms. The number of hydrogen-bond donors (Lipinski definition) is 1. The van der Waals surface area contributed by atoms with Gasteiger partial charge in [-0.15, -0.1) is 0 Å². The molecule has 220 valence electrons. The van der Waals surface area contributed by atoms with Gasteiger partial charge in [0.2, 0.25) is 0 Å². The zero-order chi connectivity index (χ0) is 28.2. The lowest BCUT2D eigenvalue weighted by molar-refractivity contribution is -0.179. The van der Waals surface area contributed by atoms with Crippen LogP contribution in [0.4, 0.5) is 0 Å². The van der Waals surface area contributed by atoms with Crippen molar-refractivity contribution >= 4 is 10.1 Å². The summed E-state index contributed by atoms with van der Waals surface area (Å²) in [5.41, 5.74) is 1.32. The monoisotopic (exact) mass is 558 g/mol. The highest BCUT2D eigenvalue weighted by molar-refractivity contribution is 7.86. The number of hydrogen-bond acceptors (Lipinski definition) is 4. The van der Waals surface area contributed by atoms with Crippen LogP contribution in [-0.2, 0) is 14.3 Å². The van der Waals surface area contributed by atoms with Crippen molar-refractivity contribution in [2.75, 3.05) is 0 Å². The average Bonchev–Trinajstić information content (AvgIpc) is 3.22. The van der Waals surface area contributed by atoms with Gasteiger partial charge in [-0.2, -0.15) is 8.42 Å². The minimum atomic E-state index is -3.84. The Morgan fingerprint density at radius 3 is 2.36 bits per heavy atom. The van der Waals surface area contributed by atoms with E-state index in [4.69, 9.17) is 4.18 Å². The molecule has 4 nitrogen and oxygen atoms in total. The molecule has 0 unspecified atom stereocenters. The predicted octanol–water partition coefficient (Wildman–Crippen LogP) is 8.16. The molecular formula is C34H54O4S. The summed E-state index contributed by atoms with van der Waals surface area (Å²) < 4.78 is 31.8. The maximum atomic E-state index is 13.0. The number of fused-ring (bicyclic) bond motifs is 5. The van der Waals surface area contributed by atoms with Crippen LogP contribution < -0.4 is 0 Å². The Morgan fingerprint density at radius 2 is 1.67 bits per heavy atom. The molecule has 0 amide bonds. The third kappa shape index (κ3) is 5.39. The van der Waals surface area contributed by atoms with Crippen LogP contribution in [0.5, 0.6) is 0 Å². The summed E-state index contributed by atoms with van der Waals surface area (Å²) >= 11 is 0. The van der Waals surface area contributed by atoms with Gasteiger partial charge >= 0.3 is 0 Å². The molecular weight excluding hydrogens is 504 g/mol. The molecule has 0 saturated heterocycles. The molecule has 0 spiro atoms. The van der Waals surface area contributed by atoms with Crippen LogP contribution in [0.15, 0.2) is 29.2 Å². The Hall–Kier alpha value is -0.910. The molecule has 5 heteroatoms. The molecule has 4 fully saturated rings. The van der Waals surface area contributed by atoms with Crippen LogP contribution in [0.1, 0.15) is 111 Å². The van der Waals surface area contributed by atoms with Gasteiger partial charge in [-0.05, 0) is 116 Å². The molecule has 1 aromatic rings. The second-order valence-corrected chi connectivity index (χ2v) is 16.6. The van der Waals surface area contributed by atoms with E-state index in [1.54, 1.807) is 24.3 Å². The highest BCUT2D eigenvalue weighted by Gasteiger charge is 2.62. The molecule has 1 aromatic carbocycles. The first-order chi connectivity index (χ1) is 18.4. The fraction of sp³-hybridized carbons (Fsp3) is 0.824. The zero-order valence-corrected chi connectivity index (χ0v) is 26.2. The average molecular weight is 559 g/mol. The van der Waals surface area contributed by atoms with Crippen LogP contribution in [0.25, 0.3) is 0 Å². The highest BCUT2D eigenvalue weighted by Crippen LogP contribution is 2.68. The van der Waals surface area contributed by atoms with Gasteiger partial charge in [0.25, 0.3) is 10.1 Å². The van der Waals surface area contributed by atoms with Gasteiger partial charge in [0.05, 0.1) is 17.1 Å². The fourth-order valence-corrected chi connectivity index (χ4v) is 11.4. The minimum Gasteiger partial charge on any atom is -0.392 e. The zero-order valence-electron chi connectivity index (χ0n) is 25.4. The smallest absolute Gasteiger partial charge is 0.297 e. The summed E-state index contributed by atoms with van der Waals surface area (Å²) in [6, 6.07) is 6.86. The van der Waals surface area contributed by atoms with E-state index in [1.807, 2.05) is 6.92 Å². The maximum absolute atomic E-state index is 13.0. The van der Waals surface area contributed by atoms with Gasteiger partial charge in [-0.3, -0.25) is 4.18 Å². The molecule has 10 atom stereocenters. The van der Waals surface area contributed by atoms with E-state index in [1.165, 1.54) is 51.4 Å². The third-order valence-electron chi connectivity index (χ3n) is 12.5. The van der Waals surface area contributed by atoms with Crippen molar-refractivity contribution < 1.29 is 17.7 Å². The Bertz CT molecular complexity index is 1100. The van der Waals surface area contributed by atoms with Crippen molar-refractivity contribution in [1.29, 1.82) is 0 Å². The van der Waals surface area contributed by atoms with Gasteiger partial charge in [-0.1, -0.05) is 71.6 Å². The van der Waals surface area contributed by atoms with Crippen LogP contribution in [0.3, 0.4) is 0 Å². The van der Waals surface area contributed by atoms with Gasteiger partial charge in [-0.25, -0.2) is 0 Å². The van der Waals surface area contributed by atoms with E-state index in [-0.39, 0.29) is 10.3 Å². The summed E-state index contributed by atoms with van der Waals surface area (Å²) in [6.45, 7) is 14.1. The largest absolute Gasteiger partial charge is 0.392 e. The highest BCUT2D eigenvalue weighted by atomic mass is 32.2. The summed E-state index contributed by atoms with van der Waals surface area (Å²) in [7, 11) is -3.84. The molecule has 4 aliphatic carbocycles. The first-order valence-corrected chi connectivity index (χ1v) is 17.4. The second-order valence-electron chi connectivity index (χ2n) is 15.0. The third-order valence-corrected chi connectivity index (χ3v) is 13.9. The van der Waals surface area contributed by atoms with Gasteiger partial charge < -0.3 is 5.11 Å². The molecule has 0 bridgehead atoms. The molecule has 0 heterocycles. The Balaban J connectivity index is 1.27. The van der Waals surface area contributed by atoms with E-state index in [9.17, 15) is 13.5 Å². The van der Waals surface area contributed by atoms with E-state index < -0.39 is 22.3 Å². The summed E-state index contributed by atoms with van der Waals surface area (Å²) in [6.07, 6.45) is 11.8. The molecule has 1 N–H and O–H groups in total. The van der Waals surface area contributed by atoms with E-state index in [0.29, 0.717) is 29.6 Å². The Morgan fingerprint density at radius 1 is 0.949 bits per heavy atom. The lowest BCUT2D eigenvalue weighted by atomic mass is 9.43. The number of aliphatic hydroxyl groups is 1. The van der Waals surface area contributed by atoms with Crippen LogP contribution in [0.2, 0.25) is 0 Å². The van der Waals surface area contributed by atoms with Crippen LogP contribution >= 0.6 is 0 Å². The van der Waals surface area contributed by atoms with Crippen molar-refractivity contribution in [2.45, 2.75) is 129 Å². The Labute approximate surface area is 238 Å². The SMILES string of the molecule is Cc1ccc(S(=O)(=O)O[C@H]2C[C@@H]3CC[C@@H]4[C@H]5CC[C@H]([C@H](C)CCCC(C)C)[C@]5(C)CC[C@H]4[C@@]3(C)[C@@H](O)C2)cc1. The number of rotatable bonds is 8. The molecule has 0 radical (unpaired) electrons. The van der Waals surface area contributed by atoms with Gasteiger partial charge in [0.1, 0.15) is 0 Å². The molecule has 4 aliphatic rings. The van der Waals surface area contributed by atoms with Crippen molar-refractivity contribution in [1.82, 2.24) is 0 Å². The summed E-state index contributed by atoms with van der Waals surface area (Å²) in [5.74, 6) is 4.75. The molecule has 5 rings (SSSR count). The standard InChI is InChI=1S/C34H54O4S/c1-22(2)8-7-9-24(4)29-16-17-30-28-15-12-25-20-26(38-39(36,37)27-13-10-23(3)11-14-27)21-32(35)34(25,6)31(28)18-19-33(29,30)5/h10-11,13-14,22,24-26,28-32,35H,7-9,12,15-21H2,1-6H3/t24-,25+,26+,28-,29-,30-,31-,32+,33+,34+/m1/s1. The quantitative estimate of drug-likeness (QED) is 0.327. The van der Waals surface area contributed by atoms with Crippen LogP contribution in [0, 0.1) is 59.2 Å². The lowest BCUT2D eigenvalue weighted by Gasteiger charge is -2.62. The molecule has 4 saturated carbocycles. The first kappa shape index (κ1) is 29.6. The number of benzene rings is 1. The van der Waals surface area contributed by atoms with Crippen molar-refractivity contribution in [3.05, 3.63) is 29.8 Å². The minimum absolute atomic E-state index is 0.140. The second kappa shape index (κ2) is 11.1. The Kier molecular flexibility index (Phi) is 8.39. The normalized spacial score (nSPS) is 41.1.